The Bertz CT molecular complexity index is 990. The molecule has 2 aromatic rings. The summed E-state index contributed by atoms with van der Waals surface area (Å²) >= 11 is 0. The topological polar surface area (TPSA) is 92.8 Å². The van der Waals surface area contributed by atoms with Crippen LogP contribution in [-0.4, -0.2) is 43.8 Å². The van der Waals surface area contributed by atoms with Crippen LogP contribution in [0.15, 0.2) is 53.4 Å². The lowest BCUT2D eigenvalue weighted by molar-refractivity contribution is -0.123. The number of ether oxygens (including phenoxy) is 1. The molecule has 0 aliphatic rings. The van der Waals surface area contributed by atoms with Crippen LogP contribution in [0.2, 0.25) is 0 Å². The van der Waals surface area contributed by atoms with Gasteiger partial charge in [0.05, 0.1) is 10.5 Å². The zero-order valence-electron chi connectivity index (χ0n) is 16.5. The lowest BCUT2D eigenvalue weighted by atomic mass is 10.2. The summed E-state index contributed by atoms with van der Waals surface area (Å²) in [5, 5.41) is 2.50. The molecule has 0 aliphatic carbocycles. The Kier molecular flexibility index (Phi) is 7.10. The molecule has 2 aromatic carbocycles. The van der Waals surface area contributed by atoms with Crippen LogP contribution in [0.5, 0.6) is 0 Å². The van der Waals surface area contributed by atoms with Crippen LogP contribution in [-0.2, 0) is 19.6 Å². The number of hydrogen-bond donors (Lipinski definition) is 1. The molecule has 9 heteroatoms. The molecular weight excluding hydrogens is 399 g/mol. The standard InChI is InChI=1S/C20H23FN2O5S/c1-13(2)23(4)29(26,27)18-7-5-6-15(12-18)20(25)28-14(3)19(24)22-17-10-8-16(21)9-11-17/h5-14H,1-4H3,(H,22,24)/t14-/m1/s1. The number of carbonyl (C=O) groups is 2. The predicted molar refractivity (Wildman–Crippen MR) is 106 cm³/mol. The van der Waals surface area contributed by atoms with Gasteiger partial charge in [-0.2, -0.15) is 4.31 Å². The molecule has 0 unspecified atom stereocenters. The van der Waals surface area contributed by atoms with Gasteiger partial charge in [-0.25, -0.2) is 17.6 Å². The van der Waals surface area contributed by atoms with Gasteiger partial charge < -0.3 is 10.1 Å². The zero-order valence-corrected chi connectivity index (χ0v) is 17.4. The van der Waals surface area contributed by atoms with Crippen molar-refractivity contribution in [2.24, 2.45) is 0 Å². The number of anilines is 1. The van der Waals surface area contributed by atoms with Gasteiger partial charge in [-0.3, -0.25) is 4.79 Å². The third kappa shape index (κ3) is 5.61. The summed E-state index contributed by atoms with van der Waals surface area (Å²) in [6.45, 7) is 4.85. The van der Waals surface area contributed by atoms with Crippen molar-refractivity contribution >= 4 is 27.6 Å². The van der Waals surface area contributed by atoms with Gasteiger partial charge in [-0.1, -0.05) is 6.07 Å². The number of nitrogens with one attached hydrogen (secondary N) is 1. The van der Waals surface area contributed by atoms with Crippen LogP contribution >= 0.6 is 0 Å². The second-order valence-electron chi connectivity index (χ2n) is 6.69. The minimum atomic E-state index is -3.77. The second kappa shape index (κ2) is 9.15. The quantitative estimate of drug-likeness (QED) is 0.693. The first-order valence-electron chi connectivity index (χ1n) is 8.88. The molecule has 0 radical (unpaired) electrons. The summed E-state index contributed by atoms with van der Waals surface area (Å²) in [7, 11) is -2.32. The average Bonchev–Trinajstić information content (AvgIpc) is 2.68. The van der Waals surface area contributed by atoms with Crippen molar-refractivity contribution in [1.29, 1.82) is 0 Å². The maximum absolute atomic E-state index is 12.9. The number of halogens is 1. The van der Waals surface area contributed by atoms with Gasteiger partial charge in [0.25, 0.3) is 5.91 Å². The molecule has 0 aliphatic heterocycles. The third-order valence-electron chi connectivity index (χ3n) is 4.24. The molecule has 1 N–H and O–H groups in total. The van der Waals surface area contributed by atoms with Crippen molar-refractivity contribution in [2.75, 3.05) is 12.4 Å². The zero-order chi connectivity index (χ0) is 21.8. The van der Waals surface area contributed by atoms with E-state index in [1.165, 1.54) is 66.8 Å². The lowest BCUT2D eigenvalue weighted by Gasteiger charge is -2.21. The minimum Gasteiger partial charge on any atom is -0.449 e. The number of carbonyl (C=O) groups excluding carboxylic acids is 2. The molecule has 1 atom stereocenters. The SMILES string of the molecule is CC(C)N(C)S(=O)(=O)c1cccc(C(=O)O[C@H](C)C(=O)Nc2ccc(F)cc2)c1. The number of hydrogen-bond acceptors (Lipinski definition) is 5. The van der Waals surface area contributed by atoms with Gasteiger partial charge in [0.2, 0.25) is 10.0 Å². The van der Waals surface area contributed by atoms with Crippen molar-refractivity contribution < 1.29 is 27.1 Å². The van der Waals surface area contributed by atoms with E-state index in [1.54, 1.807) is 13.8 Å². The predicted octanol–water partition coefficient (Wildman–Crippen LogP) is 3.04. The summed E-state index contributed by atoms with van der Waals surface area (Å²) in [5.74, 6) is -1.88. The molecule has 2 rings (SSSR count). The Hall–Kier alpha value is -2.78. The molecule has 0 spiro atoms. The van der Waals surface area contributed by atoms with E-state index >= 15 is 0 Å². The first-order valence-corrected chi connectivity index (χ1v) is 10.3. The number of benzene rings is 2. The van der Waals surface area contributed by atoms with Crippen molar-refractivity contribution in [3.63, 3.8) is 0 Å². The number of nitrogens with zero attached hydrogens (tertiary/aromatic N) is 1. The van der Waals surface area contributed by atoms with Crippen LogP contribution in [0, 0.1) is 5.82 Å². The van der Waals surface area contributed by atoms with Crippen molar-refractivity contribution in [2.45, 2.75) is 37.8 Å². The lowest BCUT2D eigenvalue weighted by Crippen LogP contribution is -2.33. The molecule has 0 heterocycles. The minimum absolute atomic E-state index is 0.00432. The van der Waals surface area contributed by atoms with Gasteiger partial charge in [0.15, 0.2) is 6.10 Å². The fourth-order valence-electron chi connectivity index (χ4n) is 2.29. The van der Waals surface area contributed by atoms with Crippen LogP contribution in [0.4, 0.5) is 10.1 Å². The highest BCUT2D eigenvalue weighted by Gasteiger charge is 2.25. The molecule has 7 nitrogen and oxygen atoms in total. The largest absolute Gasteiger partial charge is 0.449 e. The Balaban J connectivity index is 2.10. The van der Waals surface area contributed by atoms with Gasteiger partial charge >= 0.3 is 5.97 Å². The first-order chi connectivity index (χ1) is 13.5. The average molecular weight is 422 g/mol. The highest BCUT2D eigenvalue weighted by atomic mass is 32.2. The Morgan fingerprint density at radius 2 is 1.69 bits per heavy atom. The summed E-state index contributed by atoms with van der Waals surface area (Å²) in [6, 6.07) is 10.3. The Morgan fingerprint density at radius 3 is 2.28 bits per heavy atom. The van der Waals surface area contributed by atoms with Gasteiger partial charge in [-0.05, 0) is 63.2 Å². The van der Waals surface area contributed by atoms with Crippen LogP contribution in [0.1, 0.15) is 31.1 Å². The van der Waals surface area contributed by atoms with E-state index in [4.69, 9.17) is 4.74 Å². The van der Waals surface area contributed by atoms with E-state index in [0.29, 0.717) is 5.69 Å². The van der Waals surface area contributed by atoms with E-state index < -0.39 is 33.8 Å². The van der Waals surface area contributed by atoms with Crippen LogP contribution in [0.3, 0.4) is 0 Å². The molecule has 0 fully saturated rings. The number of rotatable bonds is 7. The highest BCUT2D eigenvalue weighted by molar-refractivity contribution is 7.89. The Labute approximate surface area is 169 Å². The number of esters is 1. The van der Waals surface area contributed by atoms with E-state index in [1.807, 2.05) is 0 Å². The molecule has 0 bridgehead atoms. The molecule has 0 saturated carbocycles. The second-order valence-corrected chi connectivity index (χ2v) is 8.68. The van der Waals surface area contributed by atoms with E-state index in [2.05, 4.69) is 5.32 Å². The fourth-order valence-corrected chi connectivity index (χ4v) is 3.70. The highest BCUT2D eigenvalue weighted by Crippen LogP contribution is 2.19. The third-order valence-corrected chi connectivity index (χ3v) is 6.27. The van der Waals surface area contributed by atoms with Crippen molar-refractivity contribution in [3.8, 4) is 0 Å². The summed E-state index contributed by atoms with van der Waals surface area (Å²) in [4.78, 5) is 24.5. The van der Waals surface area contributed by atoms with Gasteiger partial charge in [0.1, 0.15) is 5.82 Å². The van der Waals surface area contributed by atoms with E-state index in [-0.39, 0.29) is 16.5 Å². The van der Waals surface area contributed by atoms with E-state index in [0.717, 1.165) is 0 Å². The molecule has 156 valence electrons. The Morgan fingerprint density at radius 1 is 1.07 bits per heavy atom. The summed E-state index contributed by atoms with van der Waals surface area (Å²) in [6.07, 6.45) is -1.15. The molecule has 29 heavy (non-hydrogen) atoms. The van der Waals surface area contributed by atoms with Crippen molar-refractivity contribution in [1.82, 2.24) is 4.31 Å². The van der Waals surface area contributed by atoms with Gasteiger partial charge in [-0.15, -0.1) is 0 Å². The monoisotopic (exact) mass is 422 g/mol. The molecule has 1 amide bonds. The maximum Gasteiger partial charge on any atom is 0.338 e. The maximum atomic E-state index is 12.9. The van der Waals surface area contributed by atoms with E-state index in [9.17, 15) is 22.4 Å². The van der Waals surface area contributed by atoms with Crippen LogP contribution in [0.25, 0.3) is 0 Å². The number of amides is 1. The molecule has 0 aromatic heterocycles. The smallest absolute Gasteiger partial charge is 0.338 e. The summed E-state index contributed by atoms with van der Waals surface area (Å²) < 4.78 is 44.4. The first kappa shape index (κ1) is 22.5. The van der Waals surface area contributed by atoms with Gasteiger partial charge in [0, 0.05) is 18.8 Å². The van der Waals surface area contributed by atoms with Crippen molar-refractivity contribution in [3.05, 3.63) is 59.9 Å². The molecule has 0 saturated heterocycles. The van der Waals surface area contributed by atoms with Crippen LogP contribution < -0.4 is 5.32 Å². The number of sulfonamides is 1. The summed E-state index contributed by atoms with van der Waals surface area (Å²) in [5.41, 5.74) is 0.355. The molecular formula is C20H23FN2O5S. The normalized spacial score (nSPS) is 12.7. The fraction of sp³-hybridized carbons (Fsp3) is 0.300.